The predicted octanol–water partition coefficient (Wildman–Crippen LogP) is 7.99. The lowest BCUT2D eigenvalue weighted by atomic mass is 10.0. The molecule has 0 aliphatic rings. The zero-order valence-electron chi connectivity index (χ0n) is 30.0. The van der Waals surface area contributed by atoms with Crippen LogP contribution in [0.3, 0.4) is 0 Å². The molecule has 0 fully saturated rings. The molecular formula is C41H36F3N3O8S2. The first-order valence-corrected chi connectivity index (χ1v) is 20.4. The van der Waals surface area contributed by atoms with Crippen molar-refractivity contribution in [2.24, 2.45) is 0 Å². The lowest BCUT2D eigenvalue weighted by Gasteiger charge is -2.11. The number of hydrogen-bond donors (Lipinski definition) is 4. The molecule has 0 aliphatic carbocycles. The number of carboxylic acid groups (broad SMARTS) is 2. The number of aryl methyl sites for hydroxylation is 4. The molecule has 0 amide bonds. The maximum Gasteiger partial charge on any atom is 0.404 e. The number of carboxylic acids is 2. The highest BCUT2D eigenvalue weighted by Crippen LogP contribution is 2.25. The van der Waals surface area contributed by atoms with Crippen LogP contribution in [-0.4, -0.2) is 55.9 Å². The zero-order valence-corrected chi connectivity index (χ0v) is 31.6. The summed E-state index contributed by atoms with van der Waals surface area (Å²) in [6.45, 7) is 0. The van der Waals surface area contributed by atoms with Gasteiger partial charge in [-0.3, -0.25) is 14.4 Å². The average molecular weight is 820 g/mol. The summed E-state index contributed by atoms with van der Waals surface area (Å²) >= 11 is 0. The number of alkyl halides is 3. The number of aromatic carboxylic acids is 2. The molecule has 0 bridgehead atoms. The van der Waals surface area contributed by atoms with Crippen LogP contribution in [0.2, 0.25) is 0 Å². The quantitative estimate of drug-likeness (QED) is 0.0847. The van der Waals surface area contributed by atoms with Gasteiger partial charge in [-0.05, 0) is 109 Å². The normalized spacial score (nSPS) is 11.6. The van der Waals surface area contributed by atoms with Crippen molar-refractivity contribution in [3.8, 4) is 0 Å². The Kier molecular flexibility index (Phi) is 13.3. The summed E-state index contributed by atoms with van der Waals surface area (Å²) in [7, 11) is -8.35. The fraction of sp³-hybridized carbons (Fsp3) is 0.146. The highest BCUT2D eigenvalue weighted by Gasteiger charge is 2.35. The Morgan fingerprint density at radius 1 is 0.579 bits per heavy atom. The Morgan fingerprint density at radius 3 is 1.51 bits per heavy atom. The number of rotatable bonds is 14. The van der Waals surface area contributed by atoms with Crippen LogP contribution < -0.4 is 9.44 Å². The van der Waals surface area contributed by atoms with Crippen LogP contribution in [0.15, 0.2) is 138 Å². The number of aromatic nitrogens is 1. The largest absolute Gasteiger partial charge is 0.478 e. The minimum absolute atomic E-state index is 0.0473. The summed E-state index contributed by atoms with van der Waals surface area (Å²) in [4.78, 5) is 26.4. The van der Waals surface area contributed by atoms with Crippen LogP contribution in [0.1, 0.15) is 43.0 Å². The van der Waals surface area contributed by atoms with Gasteiger partial charge >= 0.3 is 18.1 Å². The molecule has 0 unspecified atom stereocenters. The smallest absolute Gasteiger partial charge is 0.404 e. The first-order chi connectivity index (χ1) is 27.0. The SMILES string of the molecule is O=C(O)c1cccc(CCc2cccc(NS(=O)(=O)CC(F)(F)F)c2)c1.O=C(O)c1cccc(CCc2cccc(NS(=O)(=O)c3cccc4cccnc34)c2)c1. The summed E-state index contributed by atoms with van der Waals surface area (Å²) in [6, 6.07) is 35.1. The number of pyridine rings is 1. The van der Waals surface area contributed by atoms with Gasteiger partial charge in [0.15, 0.2) is 5.75 Å². The van der Waals surface area contributed by atoms with Crippen LogP contribution in [0.25, 0.3) is 10.9 Å². The van der Waals surface area contributed by atoms with Gasteiger partial charge in [0.25, 0.3) is 10.0 Å². The van der Waals surface area contributed by atoms with E-state index in [0.29, 0.717) is 42.5 Å². The molecule has 57 heavy (non-hydrogen) atoms. The molecule has 4 N–H and O–H groups in total. The van der Waals surface area contributed by atoms with Gasteiger partial charge in [-0.1, -0.05) is 66.7 Å². The van der Waals surface area contributed by atoms with Gasteiger partial charge in [0.1, 0.15) is 4.90 Å². The van der Waals surface area contributed by atoms with Gasteiger partial charge in [0, 0.05) is 23.0 Å². The lowest BCUT2D eigenvalue weighted by Crippen LogP contribution is -2.27. The van der Waals surface area contributed by atoms with Crippen molar-refractivity contribution >= 4 is 54.3 Å². The van der Waals surface area contributed by atoms with Crippen molar-refractivity contribution in [2.75, 3.05) is 15.2 Å². The molecule has 0 saturated carbocycles. The average Bonchev–Trinajstić information content (AvgIpc) is 3.15. The number of halogens is 3. The number of para-hydroxylation sites is 1. The van der Waals surface area contributed by atoms with E-state index in [1.165, 1.54) is 36.4 Å². The molecule has 6 aromatic rings. The monoisotopic (exact) mass is 819 g/mol. The number of nitrogens with one attached hydrogen (secondary N) is 2. The van der Waals surface area contributed by atoms with E-state index in [0.717, 1.165) is 22.1 Å². The van der Waals surface area contributed by atoms with E-state index < -0.39 is 43.9 Å². The molecule has 0 radical (unpaired) electrons. The summed E-state index contributed by atoms with van der Waals surface area (Å²) < 4.78 is 90.4. The molecule has 296 valence electrons. The van der Waals surface area contributed by atoms with E-state index in [-0.39, 0.29) is 21.7 Å². The van der Waals surface area contributed by atoms with Crippen molar-refractivity contribution in [3.63, 3.8) is 0 Å². The third-order valence-electron chi connectivity index (χ3n) is 8.37. The Labute approximate surface area is 327 Å². The van der Waals surface area contributed by atoms with Gasteiger partial charge in [-0.15, -0.1) is 0 Å². The fourth-order valence-electron chi connectivity index (χ4n) is 5.81. The molecule has 6 rings (SSSR count). The third kappa shape index (κ3) is 12.6. The number of carbonyl (C=O) groups is 2. The van der Waals surface area contributed by atoms with Crippen molar-refractivity contribution in [3.05, 3.63) is 167 Å². The number of sulfonamides is 2. The Bertz CT molecular complexity index is 2610. The minimum atomic E-state index is -4.82. The van der Waals surface area contributed by atoms with E-state index in [1.807, 2.05) is 29.0 Å². The Balaban J connectivity index is 0.000000221. The second-order valence-corrected chi connectivity index (χ2v) is 16.2. The van der Waals surface area contributed by atoms with Crippen molar-refractivity contribution in [1.29, 1.82) is 0 Å². The van der Waals surface area contributed by atoms with Crippen LogP contribution in [-0.2, 0) is 45.7 Å². The van der Waals surface area contributed by atoms with Crippen LogP contribution in [0.5, 0.6) is 0 Å². The van der Waals surface area contributed by atoms with Crippen LogP contribution >= 0.6 is 0 Å². The molecular weight excluding hydrogens is 784 g/mol. The molecule has 1 aromatic heterocycles. The predicted molar refractivity (Wildman–Crippen MR) is 211 cm³/mol. The molecule has 1 heterocycles. The Hall–Kier alpha value is -6.26. The summed E-state index contributed by atoms with van der Waals surface area (Å²) in [5.74, 6) is -3.94. The standard InChI is InChI=1S/C24H20N2O4S.C17H16F3NO4S/c27-24(28)20-8-1-5-17(15-20)12-13-18-6-2-10-21(16-18)26-31(29,30)22-11-3-7-19-9-4-14-25-23(19)22;18-17(19,20)11-26(24,25)21-15-6-2-4-13(10-15)8-7-12-3-1-5-14(9-12)16(22)23/h1-11,14-16,26H,12-13H2,(H,27,28);1-6,9-10,21H,7-8,11H2,(H,22,23). The van der Waals surface area contributed by atoms with Crippen molar-refractivity contribution in [2.45, 2.75) is 36.8 Å². The summed E-state index contributed by atoms with van der Waals surface area (Å²) in [5, 5.41) is 18.9. The summed E-state index contributed by atoms with van der Waals surface area (Å²) in [5.41, 5.74) is 4.69. The molecule has 11 nitrogen and oxygen atoms in total. The van der Waals surface area contributed by atoms with Gasteiger partial charge in [0.2, 0.25) is 10.0 Å². The number of hydrogen-bond acceptors (Lipinski definition) is 7. The van der Waals surface area contributed by atoms with E-state index >= 15 is 0 Å². The topological polar surface area (TPSA) is 180 Å². The molecule has 0 aliphatic heterocycles. The van der Waals surface area contributed by atoms with Crippen molar-refractivity contribution in [1.82, 2.24) is 4.98 Å². The molecule has 16 heteroatoms. The van der Waals surface area contributed by atoms with Gasteiger partial charge in [0.05, 0.1) is 16.6 Å². The second-order valence-electron chi connectivity index (χ2n) is 12.8. The lowest BCUT2D eigenvalue weighted by molar-refractivity contribution is -0.106. The number of fused-ring (bicyclic) bond motifs is 1. The van der Waals surface area contributed by atoms with Gasteiger partial charge < -0.3 is 10.2 Å². The highest BCUT2D eigenvalue weighted by molar-refractivity contribution is 7.93. The van der Waals surface area contributed by atoms with Crippen LogP contribution in [0.4, 0.5) is 24.5 Å². The fourth-order valence-corrected chi connectivity index (χ4v) is 8.03. The third-order valence-corrected chi connectivity index (χ3v) is 11.0. The molecule has 0 saturated heterocycles. The zero-order chi connectivity index (χ0) is 41.2. The van der Waals surface area contributed by atoms with E-state index in [4.69, 9.17) is 10.2 Å². The van der Waals surface area contributed by atoms with E-state index in [2.05, 4.69) is 9.71 Å². The molecule has 0 atom stereocenters. The molecule has 5 aromatic carbocycles. The maximum atomic E-state index is 13.0. The summed E-state index contributed by atoms with van der Waals surface area (Å²) in [6.07, 6.45) is -0.989. The highest BCUT2D eigenvalue weighted by atomic mass is 32.2. The number of anilines is 2. The van der Waals surface area contributed by atoms with E-state index in [1.54, 1.807) is 72.9 Å². The second kappa shape index (κ2) is 18.1. The Morgan fingerprint density at radius 2 is 1.02 bits per heavy atom. The van der Waals surface area contributed by atoms with Crippen LogP contribution in [0, 0.1) is 0 Å². The number of nitrogens with zero attached hydrogens (tertiary/aromatic N) is 1. The minimum Gasteiger partial charge on any atom is -0.478 e. The maximum absolute atomic E-state index is 13.0. The van der Waals surface area contributed by atoms with Gasteiger partial charge in [-0.25, -0.2) is 26.4 Å². The first-order valence-electron chi connectivity index (χ1n) is 17.2. The van der Waals surface area contributed by atoms with E-state index in [9.17, 15) is 39.6 Å². The number of benzene rings is 5. The first kappa shape index (κ1) is 41.9. The molecule has 0 spiro atoms. The van der Waals surface area contributed by atoms with Gasteiger partial charge in [-0.2, -0.15) is 13.2 Å². The van der Waals surface area contributed by atoms with Crippen molar-refractivity contribution < 1.29 is 49.8 Å².